The Morgan fingerprint density at radius 3 is 2.72 bits per heavy atom. The number of piperidine rings is 1. The summed E-state index contributed by atoms with van der Waals surface area (Å²) in [4.78, 5) is 16.8. The Balaban J connectivity index is 1.34. The van der Waals surface area contributed by atoms with Gasteiger partial charge in [-0.25, -0.2) is 4.39 Å². The van der Waals surface area contributed by atoms with Crippen molar-refractivity contribution in [3.05, 3.63) is 35.6 Å². The lowest BCUT2D eigenvalue weighted by Crippen LogP contribution is -2.57. The van der Waals surface area contributed by atoms with Gasteiger partial charge in [-0.3, -0.25) is 9.69 Å². The fraction of sp³-hybridized carbons (Fsp3) is 0.650. The van der Waals surface area contributed by atoms with E-state index < -0.39 is 0 Å². The molecule has 2 aliphatic heterocycles. The van der Waals surface area contributed by atoms with Crippen LogP contribution in [-0.4, -0.2) is 54.1 Å². The van der Waals surface area contributed by atoms with Gasteiger partial charge in [0.25, 0.3) is 0 Å². The first kappa shape index (κ1) is 17.0. The van der Waals surface area contributed by atoms with Crippen LogP contribution in [0.3, 0.4) is 0 Å². The topological polar surface area (TPSA) is 32.8 Å². The normalized spacial score (nSPS) is 24.3. The van der Waals surface area contributed by atoms with Crippen molar-refractivity contribution >= 4 is 5.91 Å². The molecule has 2 saturated heterocycles. The van der Waals surface area contributed by atoms with Gasteiger partial charge in [-0.15, -0.1) is 0 Å². The zero-order chi connectivity index (χ0) is 17.3. The van der Waals surface area contributed by atoms with E-state index in [4.69, 9.17) is 4.74 Å². The minimum atomic E-state index is -0.178. The van der Waals surface area contributed by atoms with Gasteiger partial charge in [-0.05, 0) is 43.4 Å². The van der Waals surface area contributed by atoms with E-state index >= 15 is 0 Å². The third-order valence-corrected chi connectivity index (χ3v) is 6.06. The van der Waals surface area contributed by atoms with E-state index in [1.165, 1.54) is 12.5 Å². The van der Waals surface area contributed by atoms with E-state index in [1.807, 2.05) is 11.0 Å². The van der Waals surface area contributed by atoms with Crippen LogP contribution in [0.15, 0.2) is 24.3 Å². The first-order valence-electron chi connectivity index (χ1n) is 9.53. The molecule has 0 unspecified atom stereocenters. The van der Waals surface area contributed by atoms with Gasteiger partial charge in [0, 0.05) is 38.6 Å². The molecule has 0 aromatic heterocycles. The largest absolute Gasteiger partial charge is 0.372 e. The number of ether oxygens (including phenoxy) is 1. The van der Waals surface area contributed by atoms with Gasteiger partial charge in [0.2, 0.25) is 5.91 Å². The minimum Gasteiger partial charge on any atom is -0.372 e. The molecular weight excluding hydrogens is 319 g/mol. The fourth-order valence-corrected chi connectivity index (χ4v) is 4.30. The van der Waals surface area contributed by atoms with E-state index in [1.54, 1.807) is 12.1 Å². The van der Waals surface area contributed by atoms with Gasteiger partial charge >= 0.3 is 0 Å². The van der Waals surface area contributed by atoms with Gasteiger partial charge in [0.15, 0.2) is 0 Å². The Morgan fingerprint density at radius 1 is 1.24 bits per heavy atom. The average Bonchev–Trinajstić information content (AvgIpc) is 2.54. The lowest BCUT2D eigenvalue weighted by atomic mass is 9.83. The van der Waals surface area contributed by atoms with Gasteiger partial charge < -0.3 is 9.64 Å². The molecule has 1 spiro atoms. The number of rotatable bonds is 3. The van der Waals surface area contributed by atoms with Crippen LogP contribution < -0.4 is 0 Å². The minimum absolute atomic E-state index is 0.137. The number of nitrogens with zero attached hydrogens (tertiary/aromatic N) is 2. The van der Waals surface area contributed by atoms with Crippen LogP contribution >= 0.6 is 0 Å². The Morgan fingerprint density at radius 2 is 2.04 bits per heavy atom. The van der Waals surface area contributed by atoms with Gasteiger partial charge in [0.1, 0.15) is 5.82 Å². The van der Waals surface area contributed by atoms with Gasteiger partial charge in [0.05, 0.1) is 12.2 Å². The van der Waals surface area contributed by atoms with Crippen molar-refractivity contribution in [3.63, 3.8) is 0 Å². The Kier molecular flexibility index (Phi) is 4.78. The fourth-order valence-electron chi connectivity index (χ4n) is 4.30. The molecule has 1 amide bonds. The molecule has 4 rings (SSSR count). The molecule has 4 nitrogen and oxygen atoms in total. The highest BCUT2D eigenvalue weighted by atomic mass is 19.1. The molecule has 1 aromatic rings. The standard InChI is InChI=1S/C20H27FN2O2/c21-18-6-1-3-16(13-18)14-22-11-12-25-20(15-22)7-9-23(10-8-20)19(24)17-4-2-5-17/h1,3,6,13,17H,2,4-5,7-12,14-15H2. The van der Waals surface area contributed by atoms with Crippen LogP contribution in [0.2, 0.25) is 0 Å². The molecule has 25 heavy (non-hydrogen) atoms. The monoisotopic (exact) mass is 346 g/mol. The van der Waals surface area contributed by atoms with Crippen molar-refractivity contribution in [2.45, 2.75) is 44.2 Å². The second kappa shape index (κ2) is 7.04. The summed E-state index contributed by atoms with van der Waals surface area (Å²) in [7, 11) is 0. The molecule has 3 aliphatic rings. The number of likely N-dealkylation sites (tertiary alicyclic amines) is 1. The maximum atomic E-state index is 13.4. The van der Waals surface area contributed by atoms with Crippen molar-refractivity contribution in [1.82, 2.24) is 9.80 Å². The number of amides is 1. The number of benzene rings is 1. The molecular formula is C20H27FN2O2. The van der Waals surface area contributed by atoms with Crippen molar-refractivity contribution in [2.24, 2.45) is 5.92 Å². The third kappa shape index (κ3) is 3.72. The highest BCUT2D eigenvalue weighted by Gasteiger charge is 2.41. The first-order chi connectivity index (χ1) is 12.1. The molecule has 0 atom stereocenters. The molecule has 5 heteroatoms. The summed E-state index contributed by atoms with van der Waals surface area (Å²) in [6, 6.07) is 6.84. The average molecular weight is 346 g/mol. The van der Waals surface area contributed by atoms with Crippen LogP contribution in [0.4, 0.5) is 4.39 Å². The molecule has 0 bridgehead atoms. The van der Waals surface area contributed by atoms with Gasteiger partial charge in [-0.2, -0.15) is 0 Å². The van der Waals surface area contributed by atoms with E-state index in [2.05, 4.69) is 4.90 Å². The smallest absolute Gasteiger partial charge is 0.225 e. The van der Waals surface area contributed by atoms with Crippen LogP contribution in [0.1, 0.15) is 37.7 Å². The molecule has 0 radical (unpaired) electrons. The summed E-state index contributed by atoms with van der Waals surface area (Å²) >= 11 is 0. The molecule has 1 aliphatic carbocycles. The predicted molar refractivity (Wildman–Crippen MR) is 93.5 cm³/mol. The SMILES string of the molecule is O=C(C1CCC1)N1CCC2(CC1)CN(Cc1cccc(F)c1)CCO2. The van der Waals surface area contributed by atoms with E-state index in [0.29, 0.717) is 12.5 Å². The lowest BCUT2D eigenvalue weighted by molar-refractivity contribution is -0.155. The maximum Gasteiger partial charge on any atom is 0.225 e. The van der Waals surface area contributed by atoms with Crippen LogP contribution in [0.5, 0.6) is 0 Å². The Labute approximate surface area is 148 Å². The zero-order valence-electron chi connectivity index (χ0n) is 14.8. The third-order valence-electron chi connectivity index (χ3n) is 6.06. The Hall–Kier alpha value is -1.46. The number of hydrogen-bond donors (Lipinski definition) is 0. The maximum absolute atomic E-state index is 13.4. The van der Waals surface area contributed by atoms with Crippen molar-refractivity contribution < 1.29 is 13.9 Å². The van der Waals surface area contributed by atoms with E-state index in [0.717, 1.165) is 64.0 Å². The summed E-state index contributed by atoms with van der Waals surface area (Å²) in [6.45, 7) is 4.84. The molecule has 2 heterocycles. The molecule has 3 fully saturated rings. The van der Waals surface area contributed by atoms with E-state index in [9.17, 15) is 9.18 Å². The van der Waals surface area contributed by atoms with Gasteiger partial charge in [-0.1, -0.05) is 18.6 Å². The summed E-state index contributed by atoms with van der Waals surface area (Å²) in [6.07, 6.45) is 5.15. The highest BCUT2D eigenvalue weighted by Crippen LogP contribution is 2.34. The number of carbonyl (C=O) groups is 1. The number of morpholine rings is 1. The molecule has 1 aromatic carbocycles. The Bertz CT molecular complexity index is 624. The number of hydrogen-bond acceptors (Lipinski definition) is 3. The van der Waals surface area contributed by atoms with Crippen LogP contribution in [0, 0.1) is 11.7 Å². The second-order valence-corrected chi connectivity index (χ2v) is 7.83. The van der Waals surface area contributed by atoms with Crippen molar-refractivity contribution in [3.8, 4) is 0 Å². The second-order valence-electron chi connectivity index (χ2n) is 7.83. The molecule has 1 saturated carbocycles. The number of carbonyl (C=O) groups excluding carboxylic acids is 1. The molecule has 0 N–H and O–H groups in total. The van der Waals surface area contributed by atoms with Crippen LogP contribution in [-0.2, 0) is 16.1 Å². The molecule has 136 valence electrons. The quantitative estimate of drug-likeness (QED) is 0.844. The highest BCUT2D eigenvalue weighted by molar-refractivity contribution is 5.79. The summed E-state index contributed by atoms with van der Waals surface area (Å²) in [5, 5.41) is 0. The van der Waals surface area contributed by atoms with Crippen molar-refractivity contribution in [1.29, 1.82) is 0 Å². The summed E-state index contributed by atoms with van der Waals surface area (Å²) < 4.78 is 19.6. The zero-order valence-corrected chi connectivity index (χ0v) is 14.8. The summed E-state index contributed by atoms with van der Waals surface area (Å²) in [5.41, 5.74) is 0.872. The predicted octanol–water partition coefficient (Wildman–Crippen LogP) is 2.82. The first-order valence-corrected chi connectivity index (χ1v) is 9.53. The van der Waals surface area contributed by atoms with Crippen molar-refractivity contribution in [2.75, 3.05) is 32.8 Å². The van der Waals surface area contributed by atoms with Crippen LogP contribution in [0.25, 0.3) is 0 Å². The number of halogens is 1. The summed E-state index contributed by atoms with van der Waals surface area (Å²) in [5.74, 6) is 0.461. The lowest BCUT2D eigenvalue weighted by Gasteiger charge is -2.48. The van der Waals surface area contributed by atoms with E-state index in [-0.39, 0.29) is 17.3 Å².